The molecule has 88 valence electrons. The molecular weight excluding hydrogens is 226 g/mol. The van der Waals surface area contributed by atoms with Crippen LogP contribution in [0, 0.1) is 5.82 Å². The van der Waals surface area contributed by atoms with Crippen LogP contribution >= 0.6 is 0 Å². The Morgan fingerprint density at radius 1 is 1.38 bits per heavy atom. The Morgan fingerprint density at radius 3 is 2.44 bits per heavy atom. The van der Waals surface area contributed by atoms with Crippen LogP contribution in [0.1, 0.15) is 24.5 Å². The minimum atomic E-state index is -4.76. The van der Waals surface area contributed by atoms with Gasteiger partial charge in [0.05, 0.1) is 11.3 Å². The first-order valence-corrected chi connectivity index (χ1v) is 4.48. The predicted molar refractivity (Wildman–Crippen MR) is 50.0 cm³/mol. The summed E-state index contributed by atoms with van der Waals surface area (Å²) < 4.78 is 50.0. The average Bonchev–Trinajstić information content (AvgIpc) is 2.20. The highest BCUT2D eigenvalue weighted by Crippen LogP contribution is 2.32. The molecule has 0 radical (unpaired) electrons. The Hall–Kier alpha value is -1.59. The quantitative estimate of drug-likeness (QED) is 0.362. The van der Waals surface area contributed by atoms with Crippen LogP contribution in [-0.4, -0.2) is 10.9 Å². The highest BCUT2D eigenvalue weighted by atomic mass is 19.4. The SMILES string of the molecule is CC/C(=N\O)c1ccc(F)c(C(F)(F)F)c1. The molecule has 0 aliphatic carbocycles. The fourth-order valence-corrected chi connectivity index (χ4v) is 1.25. The van der Waals surface area contributed by atoms with Crippen LogP contribution in [0.15, 0.2) is 23.4 Å². The summed E-state index contributed by atoms with van der Waals surface area (Å²) in [5.41, 5.74) is -1.23. The minimum absolute atomic E-state index is 0.0544. The molecule has 0 aliphatic heterocycles. The van der Waals surface area contributed by atoms with E-state index in [-0.39, 0.29) is 17.7 Å². The Bertz CT molecular complexity index is 412. The zero-order chi connectivity index (χ0) is 12.3. The zero-order valence-corrected chi connectivity index (χ0v) is 8.35. The second-order valence-corrected chi connectivity index (χ2v) is 3.09. The molecule has 0 atom stereocenters. The van der Waals surface area contributed by atoms with Crippen LogP contribution in [-0.2, 0) is 6.18 Å². The van der Waals surface area contributed by atoms with Gasteiger partial charge in [0.15, 0.2) is 0 Å². The van der Waals surface area contributed by atoms with Crippen molar-refractivity contribution >= 4 is 5.71 Å². The molecule has 1 aromatic rings. The van der Waals surface area contributed by atoms with Gasteiger partial charge in [-0.15, -0.1) is 0 Å². The first-order chi connectivity index (χ1) is 7.40. The summed E-state index contributed by atoms with van der Waals surface area (Å²) in [6, 6.07) is 2.48. The maximum absolute atomic E-state index is 12.9. The van der Waals surface area contributed by atoms with E-state index in [0.29, 0.717) is 12.1 Å². The Kier molecular flexibility index (Phi) is 3.51. The molecule has 6 heteroatoms. The maximum atomic E-state index is 12.9. The fourth-order valence-electron chi connectivity index (χ4n) is 1.25. The summed E-state index contributed by atoms with van der Waals surface area (Å²) >= 11 is 0. The van der Waals surface area contributed by atoms with Crippen molar-refractivity contribution in [3.63, 3.8) is 0 Å². The number of rotatable bonds is 2. The van der Waals surface area contributed by atoms with Crippen molar-refractivity contribution in [2.24, 2.45) is 5.16 Å². The number of hydrogen-bond donors (Lipinski definition) is 1. The third-order valence-corrected chi connectivity index (χ3v) is 2.06. The smallest absolute Gasteiger partial charge is 0.411 e. The van der Waals surface area contributed by atoms with E-state index in [0.717, 1.165) is 6.07 Å². The lowest BCUT2D eigenvalue weighted by atomic mass is 10.0. The van der Waals surface area contributed by atoms with Gasteiger partial charge in [-0.1, -0.05) is 18.1 Å². The topological polar surface area (TPSA) is 32.6 Å². The van der Waals surface area contributed by atoms with E-state index in [1.807, 2.05) is 0 Å². The number of oxime groups is 1. The van der Waals surface area contributed by atoms with Crippen LogP contribution in [0.25, 0.3) is 0 Å². The molecule has 0 heterocycles. The van der Waals surface area contributed by atoms with E-state index >= 15 is 0 Å². The molecule has 1 N–H and O–H groups in total. The molecule has 16 heavy (non-hydrogen) atoms. The second kappa shape index (κ2) is 4.51. The Balaban J connectivity index is 3.28. The number of nitrogens with zero attached hydrogens (tertiary/aromatic N) is 1. The van der Waals surface area contributed by atoms with E-state index in [2.05, 4.69) is 5.16 Å². The van der Waals surface area contributed by atoms with Crippen LogP contribution < -0.4 is 0 Å². The molecule has 0 unspecified atom stereocenters. The van der Waals surface area contributed by atoms with E-state index in [4.69, 9.17) is 5.21 Å². The molecular formula is C10H9F4NO. The summed E-state index contributed by atoms with van der Waals surface area (Å²) in [5.74, 6) is -1.34. The van der Waals surface area contributed by atoms with Gasteiger partial charge in [-0.3, -0.25) is 0 Å². The monoisotopic (exact) mass is 235 g/mol. The van der Waals surface area contributed by atoms with Gasteiger partial charge in [0.25, 0.3) is 0 Å². The van der Waals surface area contributed by atoms with E-state index in [9.17, 15) is 17.6 Å². The first kappa shape index (κ1) is 12.5. The van der Waals surface area contributed by atoms with Crippen molar-refractivity contribution in [2.45, 2.75) is 19.5 Å². The van der Waals surface area contributed by atoms with Crippen molar-refractivity contribution in [3.8, 4) is 0 Å². The average molecular weight is 235 g/mol. The van der Waals surface area contributed by atoms with Crippen molar-refractivity contribution < 1.29 is 22.8 Å². The van der Waals surface area contributed by atoms with Gasteiger partial charge >= 0.3 is 6.18 Å². The maximum Gasteiger partial charge on any atom is 0.419 e. The number of benzene rings is 1. The van der Waals surface area contributed by atoms with Crippen LogP contribution in [0.4, 0.5) is 17.6 Å². The summed E-state index contributed by atoms with van der Waals surface area (Å²) in [5, 5.41) is 11.4. The van der Waals surface area contributed by atoms with Gasteiger partial charge in [0.1, 0.15) is 5.82 Å². The van der Waals surface area contributed by atoms with Gasteiger partial charge in [0.2, 0.25) is 0 Å². The minimum Gasteiger partial charge on any atom is -0.411 e. The summed E-state index contributed by atoms with van der Waals surface area (Å²) in [7, 11) is 0. The standard InChI is InChI=1S/C10H9F4NO/c1-2-9(15-16)6-3-4-8(11)7(5-6)10(12,13)14/h3-5,16H,2H2,1H3/b15-9+. The molecule has 0 aromatic heterocycles. The summed E-state index contributed by atoms with van der Waals surface area (Å²) in [6.45, 7) is 1.62. The van der Waals surface area contributed by atoms with Gasteiger partial charge in [0, 0.05) is 5.56 Å². The lowest BCUT2D eigenvalue weighted by molar-refractivity contribution is -0.140. The van der Waals surface area contributed by atoms with Crippen molar-refractivity contribution in [3.05, 3.63) is 35.1 Å². The Labute approximate surface area is 89.2 Å². The van der Waals surface area contributed by atoms with Gasteiger partial charge < -0.3 is 5.21 Å². The molecule has 0 aliphatic rings. The van der Waals surface area contributed by atoms with Crippen molar-refractivity contribution in [2.75, 3.05) is 0 Å². The Morgan fingerprint density at radius 2 is 2.00 bits per heavy atom. The highest BCUT2D eigenvalue weighted by Gasteiger charge is 2.34. The molecule has 2 nitrogen and oxygen atoms in total. The van der Waals surface area contributed by atoms with Crippen molar-refractivity contribution in [1.29, 1.82) is 0 Å². The normalized spacial score (nSPS) is 12.9. The van der Waals surface area contributed by atoms with E-state index in [1.165, 1.54) is 0 Å². The number of hydrogen-bond acceptors (Lipinski definition) is 2. The lowest BCUT2D eigenvalue weighted by Crippen LogP contribution is -2.10. The molecule has 1 aromatic carbocycles. The lowest BCUT2D eigenvalue weighted by Gasteiger charge is -2.10. The number of alkyl halides is 3. The van der Waals surface area contributed by atoms with Gasteiger partial charge in [-0.05, 0) is 18.6 Å². The van der Waals surface area contributed by atoms with Gasteiger partial charge in [-0.25, -0.2) is 4.39 Å². The third-order valence-electron chi connectivity index (χ3n) is 2.06. The summed E-state index contributed by atoms with van der Waals surface area (Å²) in [4.78, 5) is 0. The highest BCUT2D eigenvalue weighted by molar-refractivity contribution is 6.00. The largest absolute Gasteiger partial charge is 0.419 e. The van der Waals surface area contributed by atoms with Gasteiger partial charge in [-0.2, -0.15) is 13.2 Å². The van der Waals surface area contributed by atoms with Crippen LogP contribution in [0.5, 0.6) is 0 Å². The molecule has 0 bridgehead atoms. The third kappa shape index (κ3) is 2.50. The molecule has 1 rings (SSSR count). The predicted octanol–water partition coefficient (Wildman–Crippen LogP) is 3.43. The molecule has 0 amide bonds. The second-order valence-electron chi connectivity index (χ2n) is 3.09. The zero-order valence-electron chi connectivity index (χ0n) is 8.35. The molecule has 0 fully saturated rings. The molecule has 0 spiro atoms. The molecule has 0 saturated carbocycles. The molecule has 0 saturated heterocycles. The van der Waals surface area contributed by atoms with Crippen LogP contribution in [0.2, 0.25) is 0 Å². The van der Waals surface area contributed by atoms with E-state index < -0.39 is 17.6 Å². The first-order valence-electron chi connectivity index (χ1n) is 4.48. The van der Waals surface area contributed by atoms with E-state index in [1.54, 1.807) is 6.92 Å². The summed E-state index contributed by atoms with van der Waals surface area (Å²) in [6.07, 6.45) is -4.51. The fraction of sp³-hybridized carbons (Fsp3) is 0.300. The van der Waals surface area contributed by atoms with Crippen LogP contribution in [0.3, 0.4) is 0 Å². The number of halogens is 4. The van der Waals surface area contributed by atoms with Crippen molar-refractivity contribution in [1.82, 2.24) is 0 Å².